The van der Waals surface area contributed by atoms with Gasteiger partial charge in [-0.25, -0.2) is 0 Å². The highest BCUT2D eigenvalue weighted by Crippen LogP contribution is 2.37. The maximum atomic E-state index is 13.2. The van der Waals surface area contributed by atoms with Gasteiger partial charge in [0.2, 0.25) is 5.91 Å². The van der Waals surface area contributed by atoms with Crippen molar-refractivity contribution in [3.8, 4) is 6.07 Å². The van der Waals surface area contributed by atoms with Gasteiger partial charge < -0.3 is 5.32 Å². The number of carbonyl (C=O) groups is 1. The molecule has 2 aromatic rings. The summed E-state index contributed by atoms with van der Waals surface area (Å²) in [6.45, 7) is 0. The summed E-state index contributed by atoms with van der Waals surface area (Å²) < 4.78 is 39.6. The van der Waals surface area contributed by atoms with Crippen LogP contribution in [-0.4, -0.2) is 12.1 Å². The first-order valence-electron chi connectivity index (χ1n) is 6.74. The molecule has 0 bridgehead atoms. The quantitative estimate of drug-likeness (QED) is 0.890. The summed E-state index contributed by atoms with van der Waals surface area (Å²) in [6.07, 6.45) is -5.29. The van der Waals surface area contributed by atoms with Crippen LogP contribution in [0.5, 0.6) is 0 Å². The van der Waals surface area contributed by atoms with Gasteiger partial charge in [-0.2, -0.15) is 29.8 Å². The first-order valence-corrected chi connectivity index (χ1v) is 7.69. The van der Waals surface area contributed by atoms with E-state index in [0.717, 1.165) is 0 Å². The van der Waals surface area contributed by atoms with Gasteiger partial charge in [0.05, 0.1) is 12.0 Å². The van der Waals surface area contributed by atoms with Crippen molar-refractivity contribution in [1.29, 1.82) is 5.26 Å². The molecule has 23 heavy (non-hydrogen) atoms. The molecule has 120 valence electrons. The second-order valence-corrected chi connectivity index (χ2v) is 5.68. The van der Waals surface area contributed by atoms with Crippen molar-refractivity contribution in [2.45, 2.75) is 24.6 Å². The Morgan fingerprint density at radius 3 is 2.43 bits per heavy atom. The predicted molar refractivity (Wildman–Crippen MR) is 80.7 cm³/mol. The SMILES string of the molecule is N#C[C@@H](NC(=O)C[C@@H](c1ccccc1)C(F)(F)F)c1ccsc1. The van der Waals surface area contributed by atoms with E-state index in [9.17, 15) is 18.0 Å². The Balaban J connectivity index is 2.11. The second-order valence-electron chi connectivity index (χ2n) is 4.90. The average Bonchev–Trinajstić information content (AvgIpc) is 3.04. The van der Waals surface area contributed by atoms with Gasteiger partial charge in [-0.1, -0.05) is 30.3 Å². The molecule has 2 atom stereocenters. The molecule has 0 aliphatic rings. The van der Waals surface area contributed by atoms with E-state index in [1.54, 1.807) is 22.9 Å². The van der Waals surface area contributed by atoms with E-state index in [0.29, 0.717) is 5.56 Å². The van der Waals surface area contributed by atoms with E-state index < -0.39 is 30.5 Å². The third kappa shape index (κ3) is 4.57. The molecule has 0 aliphatic heterocycles. The first-order chi connectivity index (χ1) is 10.9. The summed E-state index contributed by atoms with van der Waals surface area (Å²) in [4.78, 5) is 12.0. The van der Waals surface area contributed by atoms with Crippen LogP contribution in [0.2, 0.25) is 0 Å². The minimum absolute atomic E-state index is 0.0270. The van der Waals surface area contributed by atoms with Gasteiger partial charge >= 0.3 is 6.18 Å². The Kier molecular flexibility index (Phi) is 5.40. The Morgan fingerprint density at radius 2 is 1.91 bits per heavy atom. The molecular formula is C16H13F3N2OS. The van der Waals surface area contributed by atoms with Crippen molar-refractivity contribution in [2.75, 3.05) is 0 Å². The largest absolute Gasteiger partial charge is 0.396 e. The van der Waals surface area contributed by atoms with Crippen molar-refractivity contribution >= 4 is 17.2 Å². The number of nitriles is 1. The molecule has 0 fully saturated rings. The number of thiophene rings is 1. The summed E-state index contributed by atoms with van der Waals surface area (Å²) in [7, 11) is 0. The molecule has 1 aromatic carbocycles. The molecule has 0 spiro atoms. The number of nitrogens with one attached hydrogen (secondary N) is 1. The normalized spacial score (nSPS) is 13.8. The lowest BCUT2D eigenvalue weighted by Crippen LogP contribution is -2.32. The fraction of sp³-hybridized carbons (Fsp3) is 0.250. The Morgan fingerprint density at radius 1 is 1.22 bits per heavy atom. The first kappa shape index (κ1) is 17.0. The van der Waals surface area contributed by atoms with E-state index >= 15 is 0 Å². The minimum Gasteiger partial charge on any atom is -0.337 e. The lowest BCUT2D eigenvalue weighted by atomic mass is 9.94. The number of amides is 1. The van der Waals surface area contributed by atoms with Gasteiger partial charge in [0.1, 0.15) is 6.04 Å². The van der Waals surface area contributed by atoms with Crippen LogP contribution in [0.3, 0.4) is 0 Å². The number of halogens is 3. The summed E-state index contributed by atoms with van der Waals surface area (Å²) >= 11 is 1.34. The molecule has 2 rings (SSSR count). The molecule has 0 unspecified atom stereocenters. The Hall–Kier alpha value is -2.33. The Bertz CT molecular complexity index is 678. The van der Waals surface area contributed by atoms with E-state index in [4.69, 9.17) is 5.26 Å². The van der Waals surface area contributed by atoms with E-state index in [2.05, 4.69) is 5.32 Å². The summed E-state index contributed by atoms with van der Waals surface area (Å²) in [5.74, 6) is -2.71. The van der Waals surface area contributed by atoms with Crippen LogP contribution in [0.4, 0.5) is 13.2 Å². The van der Waals surface area contributed by atoms with Crippen LogP contribution in [-0.2, 0) is 4.79 Å². The van der Waals surface area contributed by atoms with Gasteiger partial charge in [0, 0.05) is 6.42 Å². The molecule has 7 heteroatoms. The van der Waals surface area contributed by atoms with Crippen molar-refractivity contribution in [1.82, 2.24) is 5.32 Å². The number of benzene rings is 1. The zero-order valence-corrected chi connectivity index (χ0v) is 12.7. The molecule has 1 amide bonds. The molecule has 1 heterocycles. The molecule has 3 nitrogen and oxygen atoms in total. The highest BCUT2D eigenvalue weighted by atomic mass is 32.1. The smallest absolute Gasteiger partial charge is 0.337 e. The topological polar surface area (TPSA) is 52.9 Å². The van der Waals surface area contributed by atoms with Gasteiger partial charge in [-0.05, 0) is 28.0 Å². The number of nitrogens with zero attached hydrogens (tertiary/aromatic N) is 1. The van der Waals surface area contributed by atoms with Gasteiger partial charge in [-0.3, -0.25) is 4.79 Å². The summed E-state index contributed by atoms with van der Waals surface area (Å²) in [5, 5.41) is 14.8. The van der Waals surface area contributed by atoms with Gasteiger partial charge in [0.15, 0.2) is 0 Å². The fourth-order valence-electron chi connectivity index (χ4n) is 2.14. The third-order valence-electron chi connectivity index (χ3n) is 3.30. The van der Waals surface area contributed by atoms with Crippen LogP contribution >= 0.6 is 11.3 Å². The third-order valence-corrected chi connectivity index (χ3v) is 4.00. The maximum absolute atomic E-state index is 13.2. The molecule has 1 aromatic heterocycles. The number of carbonyl (C=O) groups excluding carboxylic acids is 1. The molecular weight excluding hydrogens is 325 g/mol. The molecule has 1 N–H and O–H groups in total. The molecule has 0 saturated heterocycles. The molecule has 0 saturated carbocycles. The number of alkyl halides is 3. The lowest BCUT2D eigenvalue weighted by Gasteiger charge is -2.21. The van der Waals surface area contributed by atoms with Gasteiger partial charge in [0.25, 0.3) is 0 Å². The maximum Gasteiger partial charge on any atom is 0.396 e. The molecule has 0 aliphatic carbocycles. The summed E-state index contributed by atoms with van der Waals surface area (Å²) in [6, 6.07) is 9.86. The highest BCUT2D eigenvalue weighted by molar-refractivity contribution is 7.08. The lowest BCUT2D eigenvalue weighted by molar-refractivity contribution is -0.157. The molecule has 0 radical (unpaired) electrons. The van der Waals surface area contributed by atoms with E-state index in [-0.39, 0.29) is 5.56 Å². The average molecular weight is 338 g/mol. The van der Waals surface area contributed by atoms with Crippen LogP contribution in [0.25, 0.3) is 0 Å². The zero-order chi connectivity index (χ0) is 16.9. The van der Waals surface area contributed by atoms with Crippen LogP contribution in [0.15, 0.2) is 47.2 Å². The number of hydrogen-bond donors (Lipinski definition) is 1. The second kappa shape index (κ2) is 7.29. The zero-order valence-electron chi connectivity index (χ0n) is 11.9. The number of rotatable bonds is 5. The standard InChI is InChI=1S/C16H13F3N2OS/c17-16(18,19)13(11-4-2-1-3-5-11)8-15(22)21-14(9-20)12-6-7-23-10-12/h1-7,10,13-14H,8H2,(H,21,22)/t13-,14+/m0/s1. The fourth-order valence-corrected chi connectivity index (χ4v) is 2.83. The highest BCUT2D eigenvalue weighted by Gasteiger charge is 2.42. The monoisotopic (exact) mass is 338 g/mol. The van der Waals surface area contributed by atoms with Crippen LogP contribution in [0, 0.1) is 11.3 Å². The number of hydrogen-bond acceptors (Lipinski definition) is 3. The van der Waals surface area contributed by atoms with Crippen molar-refractivity contribution in [3.63, 3.8) is 0 Å². The Labute approximate surface area is 135 Å². The van der Waals surface area contributed by atoms with E-state index in [1.165, 1.54) is 35.6 Å². The van der Waals surface area contributed by atoms with Crippen molar-refractivity contribution in [2.24, 2.45) is 0 Å². The van der Waals surface area contributed by atoms with Gasteiger partial charge in [-0.15, -0.1) is 0 Å². The van der Waals surface area contributed by atoms with E-state index in [1.807, 2.05) is 6.07 Å². The van der Waals surface area contributed by atoms with Crippen LogP contribution < -0.4 is 5.32 Å². The van der Waals surface area contributed by atoms with Crippen molar-refractivity contribution in [3.05, 3.63) is 58.3 Å². The minimum atomic E-state index is -4.54. The van der Waals surface area contributed by atoms with Crippen molar-refractivity contribution < 1.29 is 18.0 Å². The predicted octanol–water partition coefficient (Wildman–Crippen LogP) is 4.17. The summed E-state index contributed by atoms with van der Waals surface area (Å²) in [5.41, 5.74) is 0.591. The van der Waals surface area contributed by atoms with Crippen LogP contribution in [0.1, 0.15) is 29.5 Å².